The molecule has 138 valence electrons. The molecule has 4 bridgehead atoms. The zero-order valence-corrected chi connectivity index (χ0v) is 15.2. The molecule has 4 fully saturated rings. The second-order valence-corrected chi connectivity index (χ2v) is 9.24. The van der Waals surface area contributed by atoms with E-state index < -0.39 is 17.8 Å². The molecule has 0 spiro atoms. The van der Waals surface area contributed by atoms with Crippen LogP contribution < -0.4 is 5.32 Å². The Hall–Kier alpha value is -1.32. The van der Waals surface area contributed by atoms with Crippen LogP contribution in [0.3, 0.4) is 0 Å². The van der Waals surface area contributed by atoms with Crippen molar-refractivity contribution in [1.82, 2.24) is 5.32 Å². The van der Waals surface area contributed by atoms with Crippen LogP contribution in [0.25, 0.3) is 0 Å². The molecule has 0 unspecified atom stereocenters. The molecule has 5 aliphatic rings. The summed E-state index contributed by atoms with van der Waals surface area (Å²) >= 11 is 0. The molecule has 1 amide bonds. The van der Waals surface area contributed by atoms with Crippen LogP contribution in [-0.4, -0.2) is 23.0 Å². The van der Waals surface area contributed by atoms with Crippen LogP contribution in [0, 0.1) is 35.0 Å². The maximum atomic E-state index is 13.0. The third kappa shape index (κ3) is 3.02. The van der Waals surface area contributed by atoms with Gasteiger partial charge in [-0.15, -0.1) is 0 Å². The first-order valence-corrected chi connectivity index (χ1v) is 10.2. The number of allylic oxidation sites excluding steroid dienone is 2. The van der Waals surface area contributed by atoms with Crippen LogP contribution in [0.2, 0.25) is 0 Å². The number of amides is 1. The van der Waals surface area contributed by atoms with Crippen molar-refractivity contribution in [2.45, 2.75) is 70.8 Å². The van der Waals surface area contributed by atoms with E-state index in [0.717, 1.165) is 24.2 Å². The van der Waals surface area contributed by atoms with Crippen molar-refractivity contribution in [3.8, 4) is 0 Å². The Morgan fingerprint density at radius 1 is 1.04 bits per heavy atom. The second kappa shape index (κ2) is 6.44. The van der Waals surface area contributed by atoms with Crippen LogP contribution in [0.5, 0.6) is 0 Å². The number of carbonyl (C=O) groups is 2. The van der Waals surface area contributed by atoms with Crippen molar-refractivity contribution in [3.05, 3.63) is 12.2 Å². The van der Waals surface area contributed by atoms with Crippen LogP contribution in [-0.2, 0) is 9.59 Å². The molecule has 0 radical (unpaired) electrons. The summed E-state index contributed by atoms with van der Waals surface area (Å²) in [6.07, 6.45) is 13.9. The predicted molar refractivity (Wildman–Crippen MR) is 95.8 cm³/mol. The van der Waals surface area contributed by atoms with E-state index in [1.54, 1.807) is 0 Å². The van der Waals surface area contributed by atoms with E-state index in [1.165, 1.54) is 38.5 Å². The van der Waals surface area contributed by atoms with Gasteiger partial charge in [0.2, 0.25) is 5.91 Å². The summed E-state index contributed by atoms with van der Waals surface area (Å²) in [6.45, 7) is 2.18. The first kappa shape index (κ1) is 17.1. The van der Waals surface area contributed by atoms with Crippen molar-refractivity contribution in [3.63, 3.8) is 0 Å². The maximum Gasteiger partial charge on any atom is 0.307 e. The van der Waals surface area contributed by atoms with E-state index in [4.69, 9.17) is 0 Å². The molecule has 0 aromatic carbocycles. The smallest absolute Gasteiger partial charge is 0.307 e. The number of carboxylic acids is 1. The van der Waals surface area contributed by atoms with Crippen molar-refractivity contribution in [1.29, 1.82) is 0 Å². The number of carbonyl (C=O) groups excluding carboxylic acids is 1. The molecule has 4 heteroatoms. The van der Waals surface area contributed by atoms with Gasteiger partial charge in [-0.3, -0.25) is 9.59 Å². The Kier molecular flexibility index (Phi) is 4.41. The van der Waals surface area contributed by atoms with Crippen LogP contribution in [0.1, 0.15) is 64.7 Å². The molecular formula is C21H31NO3. The summed E-state index contributed by atoms with van der Waals surface area (Å²) in [7, 11) is 0. The third-order valence-electron chi connectivity index (χ3n) is 7.64. The highest BCUT2D eigenvalue weighted by atomic mass is 16.4. The van der Waals surface area contributed by atoms with Gasteiger partial charge in [0, 0.05) is 6.04 Å². The van der Waals surface area contributed by atoms with Crippen molar-refractivity contribution >= 4 is 11.9 Å². The lowest BCUT2D eigenvalue weighted by Gasteiger charge is -2.59. The predicted octanol–water partition coefficient (Wildman–Crippen LogP) is 3.76. The van der Waals surface area contributed by atoms with Gasteiger partial charge in [0.1, 0.15) is 0 Å². The van der Waals surface area contributed by atoms with Crippen LogP contribution >= 0.6 is 0 Å². The Morgan fingerprint density at radius 3 is 2.04 bits per heavy atom. The highest BCUT2D eigenvalue weighted by molar-refractivity contribution is 5.85. The molecule has 4 saturated carbocycles. The molecule has 3 atom stereocenters. The summed E-state index contributed by atoms with van der Waals surface area (Å²) in [5.41, 5.74) is 0.280. The zero-order valence-electron chi connectivity index (χ0n) is 15.2. The number of nitrogens with one attached hydrogen (secondary N) is 1. The number of hydrogen-bond acceptors (Lipinski definition) is 2. The monoisotopic (exact) mass is 345 g/mol. The first-order chi connectivity index (χ1) is 12.0. The molecule has 5 aliphatic carbocycles. The Morgan fingerprint density at radius 2 is 1.56 bits per heavy atom. The fourth-order valence-corrected chi connectivity index (χ4v) is 6.95. The van der Waals surface area contributed by atoms with Gasteiger partial charge in [0.25, 0.3) is 0 Å². The summed E-state index contributed by atoms with van der Waals surface area (Å²) in [4.78, 5) is 24.5. The summed E-state index contributed by atoms with van der Waals surface area (Å²) < 4.78 is 0. The fraction of sp³-hybridized carbons (Fsp3) is 0.810. The molecule has 0 heterocycles. The molecule has 0 aromatic heterocycles. The number of hydrogen-bond donors (Lipinski definition) is 2. The SMILES string of the molecule is CC[C@H](NC(=O)[C@H]1CC=CC[C@@H]1C(=O)O)C12CC3CC(CC(C3)C1)C2. The van der Waals surface area contributed by atoms with E-state index >= 15 is 0 Å². The van der Waals surface area contributed by atoms with Crippen molar-refractivity contribution < 1.29 is 14.7 Å². The van der Waals surface area contributed by atoms with E-state index in [2.05, 4.69) is 12.2 Å². The van der Waals surface area contributed by atoms with Gasteiger partial charge in [-0.1, -0.05) is 19.1 Å². The average molecular weight is 345 g/mol. The van der Waals surface area contributed by atoms with Crippen molar-refractivity contribution in [2.24, 2.45) is 35.0 Å². The minimum absolute atomic E-state index is 0.0284. The summed E-state index contributed by atoms with van der Waals surface area (Å²) in [5.74, 6) is 0.737. The van der Waals surface area contributed by atoms with E-state index in [1.807, 2.05) is 12.2 Å². The van der Waals surface area contributed by atoms with Gasteiger partial charge in [-0.05, 0) is 81.0 Å². The summed E-state index contributed by atoms with van der Waals surface area (Å²) in [5, 5.41) is 12.8. The topological polar surface area (TPSA) is 66.4 Å². The maximum absolute atomic E-state index is 13.0. The number of carboxylic acid groups (broad SMARTS) is 1. The molecule has 0 saturated heterocycles. The van der Waals surface area contributed by atoms with Crippen LogP contribution in [0.15, 0.2) is 12.2 Å². The molecule has 25 heavy (non-hydrogen) atoms. The van der Waals surface area contributed by atoms with E-state index in [0.29, 0.717) is 12.8 Å². The largest absolute Gasteiger partial charge is 0.481 e. The fourth-order valence-electron chi connectivity index (χ4n) is 6.95. The Labute approximate surface area is 150 Å². The van der Waals surface area contributed by atoms with Crippen molar-refractivity contribution in [2.75, 3.05) is 0 Å². The first-order valence-electron chi connectivity index (χ1n) is 10.2. The number of rotatable bonds is 5. The average Bonchev–Trinajstić information content (AvgIpc) is 2.58. The lowest BCUT2D eigenvalue weighted by atomic mass is 9.47. The molecular weight excluding hydrogens is 314 g/mol. The molecule has 5 rings (SSSR count). The van der Waals surface area contributed by atoms with Gasteiger partial charge >= 0.3 is 5.97 Å². The number of aliphatic carboxylic acids is 1. The third-order valence-corrected chi connectivity index (χ3v) is 7.64. The minimum Gasteiger partial charge on any atom is -0.481 e. The van der Waals surface area contributed by atoms with Crippen LogP contribution in [0.4, 0.5) is 0 Å². The quantitative estimate of drug-likeness (QED) is 0.746. The van der Waals surface area contributed by atoms with Gasteiger partial charge in [-0.2, -0.15) is 0 Å². The highest BCUT2D eigenvalue weighted by Crippen LogP contribution is 2.61. The van der Waals surface area contributed by atoms with Gasteiger partial charge in [0.05, 0.1) is 11.8 Å². The lowest BCUT2D eigenvalue weighted by Crippen LogP contribution is -2.57. The minimum atomic E-state index is -0.840. The normalized spacial score (nSPS) is 43.0. The molecule has 0 aliphatic heterocycles. The second-order valence-electron chi connectivity index (χ2n) is 9.24. The lowest BCUT2D eigenvalue weighted by molar-refractivity contribution is -0.148. The highest BCUT2D eigenvalue weighted by Gasteiger charge is 2.54. The van der Waals surface area contributed by atoms with E-state index in [9.17, 15) is 14.7 Å². The molecule has 0 aromatic rings. The molecule has 2 N–H and O–H groups in total. The van der Waals surface area contributed by atoms with E-state index in [-0.39, 0.29) is 17.4 Å². The Balaban J connectivity index is 1.49. The summed E-state index contributed by atoms with van der Waals surface area (Å²) in [6, 6.07) is 0.216. The van der Waals surface area contributed by atoms with Gasteiger partial charge in [0.15, 0.2) is 0 Å². The van der Waals surface area contributed by atoms with Gasteiger partial charge < -0.3 is 10.4 Å². The zero-order chi connectivity index (χ0) is 17.6. The van der Waals surface area contributed by atoms with Gasteiger partial charge in [-0.25, -0.2) is 0 Å². The molecule has 4 nitrogen and oxygen atoms in total. The standard InChI is InChI=1S/C21H31NO3/c1-2-18(21-10-13-7-14(11-21)9-15(8-13)12-21)22-19(23)16-5-3-4-6-17(16)20(24)25/h3-4,13-18H,2,5-12H2,1H3,(H,22,23)(H,24,25)/t13?,14?,15?,16-,17-,18-,21?/m0/s1. The Bertz CT molecular complexity index is 546.